The fraction of sp³-hybridized carbons (Fsp3) is 0.167. The first kappa shape index (κ1) is 22.0. The minimum atomic E-state index is -0.189. The fourth-order valence-corrected chi connectivity index (χ4v) is 4.38. The summed E-state index contributed by atoms with van der Waals surface area (Å²) in [7, 11) is 0. The van der Waals surface area contributed by atoms with Crippen LogP contribution in [0.2, 0.25) is 5.02 Å². The number of nitrogens with one attached hydrogen (secondary N) is 1. The molecule has 0 saturated heterocycles. The summed E-state index contributed by atoms with van der Waals surface area (Å²) in [6.45, 7) is 2.52. The molecule has 1 unspecified atom stereocenters. The predicted molar refractivity (Wildman–Crippen MR) is 128 cm³/mol. The summed E-state index contributed by atoms with van der Waals surface area (Å²) in [6, 6.07) is 21.2. The standard InChI is InChI=1S/C24H22ClN5OS/c1-17(20-9-5-6-10-21(20)25)27-22(31)16-32-24-29-28-23(19-11-13-26-14-12-19)30(24)15-18-7-3-2-4-8-18/h2-14,17H,15-16H2,1H3,(H,27,31). The van der Waals surface area contributed by atoms with Gasteiger partial charge in [0, 0.05) is 23.0 Å². The number of thioether (sulfide) groups is 1. The second kappa shape index (κ2) is 10.4. The van der Waals surface area contributed by atoms with Gasteiger partial charge in [0.15, 0.2) is 11.0 Å². The van der Waals surface area contributed by atoms with Gasteiger partial charge < -0.3 is 5.32 Å². The maximum Gasteiger partial charge on any atom is 0.230 e. The first-order valence-corrected chi connectivity index (χ1v) is 11.5. The van der Waals surface area contributed by atoms with Crippen molar-refractivity contribution < 1.29 is 4.79 Å². The van der Waals surface area contributed by atoms with E-state index in [1.807, 2.05) is 66.1 Å². The highest BCUT2D eigenvalue weighted by molar-refractivity contribution is 7.99. The van der Waals surface area contributed by atoms with Crippen molar-refractivity contribution in [2.75, 3.05) is 5.75 Å². The lowest BCUT2D eigenvalue weighted by atomic mass is 10.1. The van der Waals surface area contributed by atoms with Crippen molar-refractivity contribution in [1.29, 1.82) is 0 Å². The number of aromatic nitrogens is 4. The highest BCUT2D eigenvalue weighted by atomic mass is 35.5. The first-order chi connectivity index (χ1) is 15.6. The number of carbonyl (C=O) groups excluding carboxylic acids is 1. The first-order valence-electron chi connectivity index (χ1n) is 10.2. The number of halogens is 1. The fourth-order valence-electron chi connectivity index (χ4n) is 3.34. The average Bonchev–Trinajstić information content (AvgIpc) is 3.21. The van der Waals surface area contributed by atoms with Gasteiger partial charge >= 0.3 is 0 Å². The largest absolute Gasteiger partial charge is 0.349 e. The number of hydrogen-bond donors (Lipinski definition) is 1. The Kier molecular flexibility index (Phi) is 7.19. The third-order valence-electron chi connectivity index (χ3n) is 4.92. The van der Waals surface area contributed by atoms with Crippen LogP contribution in [0.15, 0.2) is 84.3 Å². The summed E-state index contributed by atoms with van der Waals surface area (Å²) in [5.41, 5.74) is 2.94. The van der Waals surface area contributed by atoms with Crippen LogP contribution in [-0.2, 0) is 11.3 Å². The quantitative estimate of drug-likeness (QED) is 0.372. The molecule has 0 aliphatic carbocycles. The van der Waals surface area contributed by atoms with E-state index in [2.05, 4.69) is 32.6 Å². The van der Waals surface area contributed by atoms with Crippen molar-refractivity contribution in [2.24, 2.45) is 0 Å². The van der Waals surface area contributed by atoms with Crippen molar-refractivity contribution >= 4 is 29.3 Å². The number of nitrogens with zero attached hydrogens (tertiary/aromatic N) is 4. The summed E-state index contributed by atoms with van der Waals surface area (Å²) >= 11 is 7.61. The van der Waals surface area contributed by atoms with Gasteiger partial charge in [-0.15, -0.1) is 10.2 Å². The molecule has 2 heterocycles. The summed E-state index contributed by atoms with van der Waals surface area (Å²) in [5.74, 6) is 0.865. The Bertz CT molecular complexity index is 1180. The van der Waals surface area contributed by atoms with E-state index in [4.69, 9.17) is 11.6 Å². The van der Waals surface area contributed by atoms with Gasteiger partial charge in [0.25, 0.3) is 0 Å². The van der Waals surface area contributed by atoms with Crippen LogP contribution in [0.5, 0.6) is 0 Å². The molecule has 0 aliphatic heterocycles. The molecule has 0 radical (unpaired) electrons. The van der Waals surface area contributed by atoms with Crippen molar-refractivity contribution in [2.45, 2.75) is 24.7 Å². The average molecular weight is 464 g/mol. The van der Waals surface area contributed by atoms with E-state index < -0.39 is 0 Å². The van der Waals surface area contributed by atoms with Crippen molar-refractivity contribution in [3.63, 3.8) is 0 Å². The molecular weight excluding hydrogens is 442 g/mol. The molecule has 0 fully saturated rings. The normalized spacial score (nSPS) is 11.8. The minimum absolute atomic E-state index is 0.0952. The van der Waals surface area contributed by atoms with Gasteiger partial charge in [0.2, 0.25) is 5.91 Å². The van der Waals surface area contributed by atoms with E-state index in [-0.39, 0.29) is 17.7 Å². The second-order valence-electron chi connectivity index (χ2n) is 7.21. The number of rotatable bonds is 8. The molecule has 32 heavy (non-hydrogen) atoms. The molecule has 4 rings (SSSR count). The predicted octanol–water partition coefficient (Wildman–Crippen LogP) is 5.01. The van der Waals surface area contributed by atoms with Crippen LogP contribution < -0.4 is 5.32 Å². The van der Waals surface area contributed by atoms with Gasteiger partial charge in [-0.25, -0.2) is 0 Å². The lowest BCUT2D eigenvalue weighted by Gasteiger charge is -2.15. The Labute approximate surface area is 196 Å². The van der Waals surface area contributed by atoms with Crippen LogP contribution in [0.1, 0.15) is 24.1 Å². The zero-order valence-corrected chi connectivity index (χ0v) is 19.1. The highest BCUT2D eigenvalue weighted by Gasteiger charge is 2.17. The summed E-state index contributed by atoms with van der Waals surface area (Å²) in [4.78, 5) is 16.7. The Balaban J connectivity index is 1.50. The van der Waals surface area contributed by atoms with E-state index in [0.29, 0.717) is 16.7 Å². The molecule has 0 aliphatic rings. The third kappa shape index (κ3) is 5.36. The molecule has 4 aromatic rings. The number of pyridine rings is 1. The lowest BCUT2D eigenvalue weighted by Crippen LogP contribution is -2.28. The van der Waals surface area contributed by atoms with Crippen LogP contribution in [-0.4, -0.2) is 31.4 Å². The van der Waals surface area contributed by atoms with Gasteiger partial charge in [-0.2, -0.15) is 0 Å². The number of benzene rings is 2. The van der Waals surface area contributed by atoms with Crippen LogP contribution in [0, 0.1) is 0 Å². The van der Waals surface area contributed by atoms with Crippen LogP contribution in [0.4, 0.5) is 0 Å². The van der Waals surface area contributed by atoms with Crippen molar-refractivity contribution in [1.82, 2.24) is 25.1 Å². The zero-order chi connectivity index (χ0) is 22.3. The molecule has 0 saturated carbocycles. The SMILES string of the molecule is CC(NC(=O)CSc1nnc(-c2ccncc2)n1Cc1ccccc1)c1ccccc1Cl. The van der Waals surface area contributed by atoms with E-state index in [1.54, 1.807) is 12.4 Å². The topological polar surface area (TPSA) is 72.7 Å². The maximum absolute atomic E-state index is 12.6. The molecule has 1 N–H and O–H groups in total. The van der Waals surface area contributed by atoms with E-state index >= 15 is 0 Å². The zero-order valence-electron chi connectivity index (χ0n) is 17.5. The summed E-state index contributed by atoms with van der Waals surface area (Å²) in [6.07, 6.45) is 3.46. The molecule has 2 aromatic carbocycles. The highest BCUT2D eigenvalue weighted by Crippen LogP contribution is 2.26. The molecule has 6 nitrogen and oxygen atoms in total. The molecule has 0 spiro atoms. The third-order valence-corrected chi connectivity index (χ3v) is 6.23. The van der Waals surface area contributed by atoms with E-state index in [9.17, 15) is 4.79 Å². The van der Waals surface area contributed by atoms with Gasteiger partial charge in [-0.3, -0.25) is 14.3 Å². The molecule has 1 amide bonds. The Hall–Kier alpha value is -3.16. The minimum Gasteiger partial charge on any atom is -0.349 e. The van der Waals surface area contributed by atoms with E-state index in [0.717, 1.165) is 22.5 Å². The van der Waals surface area contributed by atoms with Crippen LogP contribution >= 0.6 is 23.4 Å². The maximum atomic E-state index is 12.6. The lowest BCUT2D eigenvalue weighted by molar-refractivity contribution is -0.119. The molecule has 0 bridgehead atoms. The molecule has 8 heteroatoms. The van der Waals surface area contributed by atoms with E-state index in [1.165, 1.54) is 11.8 Å². The van der Waals surface area contributed by atoms with Crippen molar-refractivity contribution in [3.05, 3.63) is 95.3 Å². The van der Waals surface area contributed by atoms with Crippen LogP contribution in [0.25, 0.3) is 11.4 Å². The number of amides is 1. The molecule has 2 aromatic heterocycles. The Morgan fingerprint density at radius 1 is 1.03 bits per heavy atom. The monoisotopic (exact) mass is 463 g/mol. The summed E-state index contributed by atoms with van der Waals surface area (Å²) in [5, 5.41) is 13.1. The smallest absolute Gasteiger partial charge is 0.230 e. The van der Waals surface area contributed by atoms with Gasteiger partial charge in [0.1, 0.15) is 0 Å². The molecule has 1 atom stereocenters. The van der Waals surface area contributed by atoms with Gasteiger partial charge in [-0.05, 0) is 36.2 Å². The number of carbonyl (C=O) groups is 1. The Morgan fingerprint density at radius 3 is 2.50 bits per heavy atom. The number of hydrogen-bond acceptors (Lipinski definition) is 5. The van der Waals surface area contributed by atoms with Gasteiger partial charge in [0.05, 0.1) is 18.3 Å². The van der Waals surface area contributed by atoms with Crippen LogP contribution in [0.3, 0.4) is 0 Å². The van der Waals surface area contributed by atoms with Gasteiger partial charge in [-0.1, -0.05) is 71.9 Å². The molecular formula is C24H22ClN5OS. The molecule has 162 valence electrons. The summed E-state index contributed by atoms with van der Waals surface area (Å²) < 4.78 is 2.03. The Morgan fingerprint density at radius 2 is 1.75 bits per heavy atom. The van der Waals surface area contributed by atoms with Crippen molar-refractivity contribution in [3.8, 4) is 11.4 Å². The second-order valence-corrected chi connectivity index (χ2v) is 8.56.